The summed E-state index contributed by atoms with van der Waals surface area (Å²) in [5, 5.41) is 4.93. The maximum atomic E-state index is 13.0. The fraction of sp³-hybridized carbons (Fsp3) is 0.211. The molecule has 0 spiro atoms. The molecule has 4 nitrogen and oxygen atoms in total. The molecule has 25 heavy (non-hydrogen) atoms. The SMILES string of the molecule is COc1ccc2[nH]cc(C3(C(=O)Nc4cc(Cl)ccc4Cl)CC3)c2c1. The van der Waals surface area contributed by atoms with Crippen LogP contribution in [0.25, 0.3) is 10.9 Å². The normalized spacial score (nSPS) is 15.2. The van der Waals surface area contributed by atoms with E-state index in [1.807, 2.05) is 24.4 Å². The summed E-state index contributed by atoms with van der Waals surface area (Å²) in [6, 6.07) is 10.8. The standard InChI is InChI=1S/C19H16Cl2N2O2/c1-25-12-3-5-16-13(9-12)14(10-22-16)19(6-7-19)18(24)23-17-8-11(20)2-4-15(17)21/h2-5,8-10,22H,6-7H2,1H3,(H,23,24). The number of aromatic amines is 1. The molecule has 3 aromatic rings. The number of carbonyl (C=O) groups is 1. The molecule has 0 saturated heterocycles. The highest BCUT2D eigenvalue weighted by atomic mass is 35.5. The van der Waals surface area contributed by atoms with Gasteiger partial charge >= 0.3 is 0 Å². The van der Waals surface area contributed by atoms with Crippen LogP contribution in [-0.2, 0) is 10.2 Å². The van der Waals surface area contributed by atoms with Crippen LogP contribution >= 0.6 is 23.2 Å². The van der Waals surface area contributed by atoms with E-state index in [-0.39, 0.29) is 5.91 Å². The van der Waals surface area contributed by atoms with E-state index in [9.17, 15) is 4.79 Å². The van der Waals surface area contributed by atoms with Crippen LogP contribution in [0.4, 0.5) is 5.69 Å². The van der Waals surface area contributed by atoms with E-state index in [2.05, 4.69) is 10.3 Å². The van der Waals surface area contributed by atoms with Crippen molar-refractivity contribution in [3.8, 4) is 5.75 Å². The number of hydrogen-bond donors (Lipinski definition) is 2. The number of methoxy groups -OCH3 is 1. The molecule has 1 fully saturated rings. The third kappa shape index (κ3) is 2.75. The van der Waals surface area contributed by atoms with Crippen molar-refractivity contribution in [3.63, 3.8) is 0 Å². The molecule has 0 atom stereocenters. The number of hydrogen-bond acceptors (Lipinski definition) is 2. The minimum atomic E-state index is -0.545. The molecule has 1 aliphatic carbocycles. The molecule has 6 heteroatoms. The average molecular weight is 375 g/mol. The number of amides is 1. The van der Waals surface area contributed by atoms with Crippen LogP contribution in [0.3, 0.4) is 0 Å². The van der Waals surface area contributed by atoms with E-state index >= 15 is 0 Å². The molecule has 0 bridgehead atoms. The van der Waals surface area contributed by atoms with E-state index in [1.165, 1.54) is 0 Å². The van der Waals surface area contributed by atoms with Crippen LogP contribution in [0, 0.1) is 0 Å². The fourth-order valence-electron chi connectivity index (χ4n) is 3.20. The summed E-state index contributed by atoms with van der Waals surface area (Å²) < 4.78 is 5.32. The molecule has 0 aliphatic heterocycles. The Morgan fingerprint density at radius 1 is 1.20 bits per heavy atom. The van der Waals surface area contributed by atoms with Crippen molar-refractivity contribution in [2.24, 2.45) is 0 Å². The van der Waals surface area contributed by atoms with E-state index in [0.29, 0.717) is 15.7 Å². The molecular formula is C19H16Cl2N2O2. The lowest BCUT2D eigenvalue weighted by atomic mass is 9.94. The summed E-state index contributed by atoms with van der Waals surface area (Å²) in [5.74, 6) is 0.697. The highest BCUT2D eigenvalue weighted by Crippen LogP contribution is 2.51. The fourth-order valence-corrected chi connectivity index (χ4v) is 3.54. The van der Waals surface area contributed by atoms with Gasteiger partial charge in [0.25, 0.3) is 0 Å². The first-order valence-electron chi connectivity index (χ1n) is 7.95. The second-order valence-corrected chi connectivity index (χ2v) is 7.12. The van der Waals surface area contributed by atoms with Gasteiger partial charge in [0.05, 0.1) is 23.2 Å². The van der Waals surface area contributed by atoms with E-state index in [4.69, 9.17) is 27.9 Å². The lowest BCUT2D eigenvalue weighted by molar-refractivity contribution is -0.118. The van der Waals surface area contributed by atoms with Gasteiger partial charge in [-0.15, -0.1) is 0 Å². The van der Waals surface area contributed by atoms with Gasteiger partial charge < -0.3 is 15.0 Å². The topological polar surface area (TPSA) is 54.1 Å². The monoisotopic (exact) mass is 374 g/mol. The maximum absolute atomic E-state index is 13.0. The van der Waals surface area contributed by atoms with Crippen LogP contribution in [0.2, 0.25) is 10.0 Å². The minimum absolute atomic E-state index is 0.0691. The largest absolute Gasteiger partial charge is 0.497 e. The Morgan fingerprint density at radius 2 is 2.00 bits per heavy atom. The summed E-state index contributed by atoms with van der Waals surface area (Å²) >= 11 is 12.2. The van der Waals surface area contributed by atoms with Gasteiger partial charge in [-0.3, -0.25) is 4.79 Å². The molecule has 128 valence electrons. The smallest absolute Gasteiger partial charge is 0.235 e. The molecule has 4 rings (SSSR count). The van der Waals surface area contributed by atoms with Crippen molar-refractivity contribution in [2.75, 3.05) is 12.4 Å². The number of ether oxygens (including phenoxy) is 1. The number of rotatable bonds is 4. The Labute approximate surface area is 155 Å². The van der Waals surface area contributed by atoms with Gasteiger partial charge in [0.1, 0.15) is 5.75 Å². The van der Waals surface area contributed by atoms with Crippen molar-refractivity contribution in [3.05, 3.63) is 58.2 Å². The van der Waals surface area contributed by atoms with Crippen molar-refractivity contribution in [2.45, 2.75) is 18.3 Å². The Bertz CT molecular complexity index is 977. The zero-order valence-corrected chi connectivity index (χ0v) is 15.0. The molecule has 1 saturated carbocycles. The minimum Gasteiger partial charge on any atom is -0.497 e. The first-order valence-corrected chi connectivity index (χ1v) is 8.71. The summed E-state index contributed by atoms with van der Waals surface area (Å²) in [4.78, 5) is 16.2. The zero-order valence-electron chi connectivity index (χ0n) is 13.5. The van der Waals surface area contributed by atoms with E-state index < -0.39 is 5.41 Å². The maximum Gasteiger partial charge on any atom is 0.235 e. The number of aromatic nitrogens is 1. The molecule has 2 aromatic carbocycles. The molecule has 1 heterocycles. The molecule has 1 aliphatic rings. The van der Waals surface area contributed by atoms with Crippen molar-refractivity contribution in [1.82, 2.24) is 4.98 Å². The number of halogens is 2. The van der Waals surface area contributed by atoms with Gasteiger partial charge in [0.15, 0.2) is 0 Å². The number of H-pyrrole nitrogens is 1. The van der Waals surface area contributed by atoms with Gasteiger partial charge in [0.2, 0.25) is 5.91 Å². The third-order valence-corrected chi connectivity index (χ3v) is 5.33. The van der Waals surface area contributed by atoms with Crippen molar-refractivity contribution < 1.29 is 9.53 Å². The summed E-state index contributed by atoms with van der Waals surface area (Å²) in [6.07, 6.45) is 3.50. The number of fused-ring (bicyclic) bond motifs is 1. The number of benzene rings is 2. The lowest BCUT2D eigenvalue weighted by Crippen LogP contribution is -2.27. The number of nitrogens with one attached hydrogen (secondary N) is 2. The van der Waals surface area contributed by atoms with Gasteiger partial charge in [-0.25, -0.2) is 0 Å². The first-order chi connectivity index (χ1) is 12.0. The van der Waals surface area contributed by atoms with Crippen LogP contribution < -0.4 is 10.1 Å². The van der Waals surface area contributed by atoms with E-state index in [1.54, 1.807) is 25.3 Å². The average Bonchev–Trinajstić information content (AvgIpc) is 3.31. The summed E-state index contributed by atoms with van der Waals surface area (Å²) in [5.41, 5.74) is 1.95. The van der Waals surface area contributed by atoms with Crippen LogP contribution in [0.1, 0.15) is 18.4 Å². The zero-order chi connectivity index (χ0) is 17.6. The number of anilines is 1. The van der Waals surface area contributed by atoms with Gasteiger partial charge in [-0.2, -0.15) is 0 Å². The summed E-state index contributed by atoms with van der Waals surface area (Å²) in [6.45, 7) is 0. The van der Waals surface area contributed by atoms with E-state index in [0.717, 1.165) is 35.1 Å². The second kappa shape index (κ2) is 5.97. The van der Waals surface area contributed by atoms with Crippen LogP contribution in [0.5, 0.6) is 5.75 Å². The predicted molar refractivity (Wildman–Crippen MR) is 101 cm³/mol. The Morgan fingerprint density at radius 3 is 2.72 bits per heavy atom. The molecule has 1 aromatic heterocycles. The van der Waals surface area contributed by atoms with Crippen LogP contribution in [0.15, 0.2) is 42.6 Å². The van der Waals surface area contributed by atoms with Crippen molar-refractivity contribution in [1.29, 1.82) is 0 Å². The first kappa shape index (κ1) is 16.3. The Balaban J connectivity index is 1.70. The lowest BCUT2D eigenvalue weighted by Gasteiger charge is -2.16. The molecule has 2 N–H and O–H groups in total. The molecule has 0 radical (unpaired) electrons. The Hall–Kier alpha value is -2.17. The molecule has 1 amide bonds. The molecule has 0 unspecified atom stereocenters. The van der Waals surface area contributed by atoms with Gasteiger partial charge in [-0.05, 0) is 54.8 Å². The molecular weight excluding hydrogens is 359 g/mol. The van der Waals surface area contributed by atoms with Gasteiger partial charge in [-0.1, -0.05) is 23.2 Å². The van der Waals surface area contributed by atoms with Gasteiger partial charge in [0, 0.05) is 22.1 Å². The third-order valence-electron chi connectivity index (χ3n) is 4.77. The predicted octanol–water partition coefficient (Wildman–Crippen LogP) is 5.15. The second-order valence-electron chi connectivity index (χ2n) is 6.27. The highest BCUT2D eigenvalue weighted by Gasteiger charge is 2.52. The highest BCUT2D eigenvalue weighted by molar-refractivity contribution is 6.35. The quantitative estimate of drug-likeness (QED) is 0.662. The Kier molecular flexibility index (Phi) is 3.89. The van der Waals surface area contributed by atoms with Crippen LogP contribution in [-0.4, -0.2) is 18.0 Å². The summed E-state index contributed by atoms with van der Waals surface area (Å²) in [7, 11) is 1.63. The van der Waals surface area contributed by atoms with Crippen molar-refractivity contribution >= 4 is 45.7 Å². The number of carbonyl (C=O) groups excluding carboxylic acids is 1.